The topological polar surface area (TPSA) is 30.5 Å². The van der Waals surface area contributed by atoms with E-state index in [2.05, 4.69) is 23.5 Å². The lowest BCUT2D eigenvalue weighted by molar-refractivity contribution is 0.171. The van der Waals surface area contributed by atoms with Gasteiger partial charge in [-0.1, -0.05) is 24.3 Å². The van der Waals surface area contributed by atoms with E-state index < -0.39 is 0 Å². The number of ether oxygens (including phenoxy) is 2. The highest BCUT2D eigenvalue weighted by molar-refractivity contribution is 7.99. The Morgan fingerprint density at radius 2 is 2.10 bits per heavy atom. The first-order chi connectivity index (χ1) is 10.3. The maximum Gasteiger partial charge on any atom is 0.133 e. The van der Waals surface area contributed by atoms with E-state index >= 15 is 0 Å². The van der Waals surface area contributed by atoms with Crippen molar-refractivity contribution in [1.82, 2.24) is 5.32 Å². The van der Waals surface area contributed by atoms with Crippen molar-refractivity contribution in [3.8, 4) is 11.5 Å². The number of thioether (sulfide) groups is 1. The standard InChI is InChI=1S/C17H19NO2S/c1-18-17(12-6-5-7-13(10-12)19-2)15-11-21-16-9-4-3-8-14(16)20-15/h3-10,15,17-18H,11H2,1-2H3. The fourth-order valence-corrected chi connectivity index (χ4v) is 3.64. The fourth-order valence-electron chi connectivity index (χ4n) is 2.60. The SMILES string of the molecule is CNC(c1cccc(OC)c1)C1CSc2ccccc2O1. The van der Waals surface area contributed by atoms with Crippen molar-refractivity contribution in [3.63, 3.8) is 0 Å². The Balaban J connectivity index is 1.84. The molecule has 0 saturated carbocycles. The Morgan fingerprint density at radius 3 is 2.90 bits per heavy atom. The molecule has 3 rings (SSSR count). The third-order valence-electron chi connectivity index (χ3n) is 3.67. The second-order valence-corrected chi connectivity index (χ2v) is 6.02. The first-order valence-electron chi connectivity index (χ1n) is 7.01. The van der Waals surface area contributed by atoms with Gasteiger partial charge in [0, 0.05) is 10.6 Å². The van der Waals surface area contributed by atoms with Crippen molar-refractivity contribution in [2.24, 2.45) is 0 Å². The first-order valence-corrected chi connectivity index (χ1v) is 8.00. The molecule has 1 N–H and O–H groups in total. The van der Waals surface area contributed by atoms with E-state index in [0.717, 1.165) is 17.3 Å². The summed E-state index contributed by atoms with van der Waals surface area (Å²) in [5.74, 6) is 2.78. The molecule has 110 valence electrons. The monoisotopic (exact) mass is 301 g/mol. The van der Waals surface area contributed by atoms with Crippen LogP contribution in [0.25, 0.3) is 0 Å². The Hall–Kier alpha value is -1.65. The predicted molar refractivity (Wildman–Crippen MR) is 86.4 cm³/mol. The summed E-state index contributed by atoms with van der Waals surface area (Å²) >= 11 is 1.85. The van der Waals surface area contributed by atoms with Crippen LogP contribution in [0.5, 0.6) is 11.5 Å². The molecular weight excluding hydrogens is 282 g/mol. The zero-order valence-corrected chi connectivity index (χ0v) is 13.0. The van der Waals surface area contributed by atoms with E-state index in [1.807, 2.05) is 49.1 Å². The molecule has 21 heavy (non-hydrogen) atoms. The van der Waals surface area contributed by atoms with Crippen LogP contribution in [-0.4, -0.2) is 26.0 Å². The number of likely N-dealkylation sites (N-methyl/N-ethyl adjacent to an activating group) is 1. The zero-order chi connectivity index (χ0) is 14.7. The summed E-state index contributed by atoms with van der Waals surface area (Å²) in [4.78, 5) is 1.22. The number of nitrogens with one attached hydrogen (secondary N) is 1. The second kappa shape index (κ2) is 6.41. The van der Waals surface area contributed by atoms with Crippen molar-refractivity contribution < 1.29 is 9.47 Å². The smallest absolute Gasteiger partial charge is 0.133 e. The highest BCUT2D eigenvalue weighted by Crippen LogP contribution is 2.38. The Labute approximate surface area is 129 Å². The van der Waals surface area contributed by atoms with E-state index in [9.17, 15) is 0 Å². The van der Waals surface area contributed by atoms with Crippen LogP contribution < -0.4 is 14.8 Å². The van der Waals surface area contributed by atoms with Crippen molar-refractivity contribution in [1.29, 1.82) is 0 Å². The molecule has 0 spiro atoms. The van der Waals surface area contributed by atoms with Crippen LogP contribution in [0.3, 0.4) is 0 Å². The Bertz CT molecular complexity index is 617. The van der Waals surface area contributed by atoms with Crippen LogP contribution in [-0.2, 0) is 0 Å². The molecule has 0 aliphatic carbocycles. The lowest BCUT2D eigenvalue weighted by Crippen LogP contribution is -2.37. The predicted octanol–water partition coefficient (Wildman–Crippen LogP) is 3.51. The van der Waals surface area contributed by atoms with Crippen LogP contribution in [0.2, 0.25) is 0 Å². The molecule has 2 aromatic rings. The maximum atomic E-state index is 6.19. The van der Waals surface area contributed by atoms with E-state index in [4.69, 9.17) is 9.47 Å². The van der Waals surface area contributed by atoms with Gasteiger partial charge in [-0.15, -0.1) is 11.8 Å². The van der Waals surface area contributed by atoms with Gasteiger partial charge in [0.05, 0.1) is 13.2 Å². The largest absolute Gasteiger partial charge is 0.497 e. The molecule has 0 saturated heterocycles. The van der Waals surface area contributed by atoms with Crippen LogP contribution in [0.15, 0.2) is 53.4 Å². The average Bonchev–Trinajstić information content (AvgIpc) is 2.56. The third-order valence-corrected chi connectivity index (χ3v) is 4.81. The first kappa shape index (κ1) is 14.3. The molecule has 1 aliphatic rings. The van der Waals surface area contributed by atoms with Gasteiger partial charge < -0.3 is 14.8 Å². The maximum absolute atomic E-state index is 6.19. The number of hydrogen-bond donors (Lipinski definition) is 1. The van der Waals surface area contributed by atoms with E-state index in [0.29, 0.717) is 0 Å². The number of fused-ring (bicyclic) bond motifs is 1. The highest BCUT2D eigenvalue weighted by Gasteiger charge is 2.28. The van der Waals surface area contributed by atoms with Crippen LogP contribution >= 0.6 is 11.8 Å². The quantitative estimate of drug-likeness (QED) is 0.936. The summed E-state index contributed by atoms with van der Waals surface area (Å²) in [6, 6.07) is 16.5. The molecule has 0 fully saturated rings. The summed E-state index contributed by atoms with van der Waals surface area (Å²) in [5, 5.41) is 3.38. The van der Waals surface area contributed by atoms with Gasteiger partial charge >= 0.3 is 0 Å². The molecular formula is C17H19NO2S. The van der Waals surface area contributed by atoms with Crippen LogP contribution in [0, 0.1) is 0 Å². The van der Waals surface area contributed by atoms with Crippen molar-refractivity contribution in [3.05, 3.63) is 54.1 Å². The number of hydrogen-bond acceptors (Lipinski definition) is 4. The summed E-state index contributed by atoms with van der Waals surface area (Å²) < 4.78 is 11.5. The van der Waals surface area contributed by atoms with Crippen LogP contribution in [0.4, 0.5) is 0 Å². The van der Waals surface area contributed by atoms with Crippen LogP contribution in [0.1, 0.15) is 11.6 Å². The minimum absolute atomic E-state index is 0.0991. The van der Waals surface area contributed by atoms with E-state index in [1.54, 1.807) is 7.11 Å². The normalized spacial score (nSPS) is 18.5. The number of methoxy groups -OCH3 is 1. The van der Waals surface area contributed by atoms with Gasteiger partial charge in [-0.2, -0.15) is 0 Å². The van der Waals surface area contributed by atoms with E-state index in [1.165, 1.54) is 10.5 Å². The van der Waals surface area contributed by atoms with Gasteiger partial charge in [0.1, 0.15) is 17.6 Å². The van der Waals surface area contributed by atoms with Crippen molar-refractivity contribution in [2.45, 2.75) is 17.0 Å². The second-order valence-electron chi connectivity index (χ2n) is 4.96. The van der Waals surface area contributed by atoms with Gasteiger partial charge in [-0.25, -0.2) is 0 Å². The Kier molecular flexibility index (Phi) is 4.36. The van der Waals surface area contributed by atoms with Crippen molar-refractivity contribution in [2.75, 3.05) is 19.9 Å². The Morgan fingerprint density at radius 1 is 1.24 bits per heavy atom. The summed E-state index contributed by atoms with van der Waals surface area (Å²) in [7, 11) is 3.66. The molecule has 0 bridgehead atoms. The van der Waals surface area contributed by atoms with Crippen molar-refractivity contribution >= 4 is 11.8 Å². The van der Waals surface area contributed by atoms with Gasteiger partial charge in [0.15, 0.2) is 0 Å². The molecule has 2 aromatic carbocycles. The molecule has 1 heterocycles. The van der Waals surface area contributed by atoms with Gasteiger partial charge in [-0.05, 0) is 36.9 Å². The summed E-state index contributed by atoms with van der Waals surface area (Å²) in [6.07, 6.45) is 0.0991. The summed E-state index contributed by atoms with van der Waals surface area (Å²) in [5.41, 5.74) is 1.18. The molecule has 2 unspecified atom stereocenters. The molecule has 0 amide bonds. The fraction of sp³-hybridized carbons (Fsp3) is 0.294. The zero-order valence-electron chi connectivity index (χ0n) is 12.2. The minimum Gasteiger partial charge on any atom is -0.497 e. The molecule has 2 atom stereocenters. The molecule has 4 heteroatoms. The molecule has 3 nitrogen and oxygen atoms in total. The average molecular weight is 301 g/mol. The van der Waals surface area contributed by atoms with Gasteiger partial charge in [0.25, 0.3) is 0 Å². The summed E-state index contributed by atoms with van der Waals surface area (Å²) in [6.45, 7) is 0. The van der Waals surface area contributed by atoms with E-state index in [-0.39, 0.29) is 12.1 Å². The third kappa shape index (κ3) is 3.01. The molecule has 0 aromatic heterocycles. The molecule has 0 radical (unpaired) electrons. The number of para-hydroxylation sites is 1. The number of benzene rings is 2. The van der Waals surface area contributed by atoms with Gasteiger partial charge in [-0.3, -0.25) is 0 Å². The van der Waals surface area contributed by atoms with Gasteiger partial charge in [0.2, 0.25) is 0 Å². The molecule has 1 aliphatic heterocycles. The lowest BCUT2D eigenvalue weighted by Gasteiger charge is -2.32. The lowest BCUT2D eigenvalue weighted by atomic mass is 10.0. The minimum atomic E-state index is 0.0991. The number of rotatable bonds is 4. The highest BCUT2D eigenvalue weighted by atomic mass is 32.2.